The Morgan fingerprint density at radius 2 is 1.88 bits per heavy atom. The predicted molar refractivity (Wildman–Crippen MR) is 64.8 cm³/mol. The molecule has 0 radical (unpaired) electrons. The summed E-state index contributed by atoms with van der Waals surface area (Å²) in [4.78, 5) is 22.2. The minimum absolute atomic E-state index is 0.165. The summed E-state index contributed by atoms with van der Waals surface area (Å²) in [7, 11) is 0. The Morgan fingerprint density at radius 1 is 1.29 bits per heavy atom. The van der Waals surface area contributed by atoms with Gasteiger partial charge in [0.1, 0.15) is 0 Å². The Balaban J connectivity index is 4.08. The largest absolute Gasteiger partial charge is 0.479 e. The van der Waals surface area contributed by atoms with E-state index in [0.29, 0.717) is 18.9 Å². The monoisotopic (exact) mass is 245 g/mol. The maximum Gasteiger partial charge on any atom is 0.407 e. The number of ether oxygens (including phenoxy) is 1. The van der Waals surface area contributed by atoms with Crippen molar-refractivity contribution in [2.45, 2.75) is 46.6 Å². The lowest BCUT2D eigenvalue weighted by Gasteiger charge is -2.17. The molecule has 0 aromatic heterocycles. The molecule has 0 spiro atoms. The SMILES string of the molecule is CC[C@H](C)CNC(=O)O[C@@H](CC(C)C)C(=O)O. The quantitative estimate of drug-likeness (QED) is 0.721. The molecule has 0 aliphatic rings. The van der Waals surface area contributed by atoms with Gasteiger partial charge in [-0.1, -0.05) is 34.1 Å². The number of alkyl carbamates (subject to hydrolysis) is 1. The van der Waals surface area contributed by atoms with Gasteiger partial charge in [0, 0.05) is 6.54 Å². The normalized spacial score (nSPS) is 14.2. The zero-order valence-corrected chi connectivity index (χ0v) is 11.0. The first-order valence-corrected chi connectivity index (χ1v) is 6.04. The smallest absolute Gasteiger partial charge is 0.407 e. The minimum Gasteiger partial charge on any atom is -0.479 e. The fraction of sp³-hybridized carbons (Fsp3) is 0.833. The Labute approximate surface area is 103 Å². The third-order valence-corrected chi connectivity index (χ3v) is 2.50. The zero-order chi connectivity index (χ0) is 13.4. The van der Waals surface area contributed by atoms with Crippen molar-refractivity contribution < 1.29 is 19.4 Å². The lowest BCUT2D eigenvalue weighted by Crippen LogP contribution is -2.35. The molecule has 2 atom stereocenters. The summed E-state index contributed by atoms with van der Waals surface area (Å²) in [5.41, 5.74) is 0. The van der Waals surface area contributed by atoms with E-state index in [1.165, 1.54) is 0 Å². The Morgan fingerprint density at radius 3 is 2.29 bits per heavy atom. The van der Waals surface area contributed by atoms with Crippen LogP contribution in [0.3, 0.4) is 0 Å². The van der Waals surface area contributed by atoms with Crippen molar-refractivity contribution in [2.75, 3.05) is 6.54 Å². The molecule has 1 amide bonds. The standard InChI is InChI=1S/C12H23NO4/c1-5-9(4)7-13-12(16)17-10(11(14)15)6-8(2)3/h8-10H,5-7H2,1-4H3,(H,13,16)(H,14,15)/t9-,10-/m0/s1. The molecule has 0 rings (SSSR count). The third kappa shape index (κ3) is 7.60. The van der Waals surface area contributed by atoms with Crippen LogP contribution in [0.25, 0.3) is 0 Å². The van der Waals surface area contributed by atoms with Gasteiger partial charge in [0.15, 0.2) is 0 Å². The van der Waals surface area contributed by atoms with Crippen molar-refractivity contribution >= 4 is 12.1 Å². The van der Waals surface area contributed by atoms with Gasteiger partial charge in [0.05, 0.1) is 0 Å². The number of carboxylic acid groups (broad SMARTS) is 1. The third-order valence-electron chi connectivity index (χ3n) is 2.50. The van der Waals surface area contributed by atoms with Crippen LogP contribution in [0.1, 0.15) is 40.5 Å². The summed E-state index contributed by atoms with van der Waals surface area (Å²) in [6.07, 6.45) is -0.439. The first-order valence-electron chi connectivity index (χ1n) is 6.04. The molecule has 0 bridgehead atoms. The highest BCUT2D eigenvalue weighted by atomic mass is 16.6. The second kappa shape index (κ2) is 7.92. The van der Waals surface area contributed by atoms with Crippen LogP contribution >= 0.6 is 0 Å². The summed E-state index contributed by atoms with van der Waals surface area (Å²) >= 11 is 0. The lowest BCUT2D eigenvalue weighted by atomic mass is 10.1. The maximum absolute atomic E-state index is 11.4. The summed E-state index contributed by atoms with van der Waals surface area (Å²) in [5.74, 6) is -0.577. The first kappa shape index (κ1) is 15.7. The molecule has 0 aliphatic heterocycles. The van der Waals surface area contributed by atoms with Crippen molar-refractivity contribution in [3.63, 3.8) is 0 Å². The Hall–Kier alpha value is -1.26. The van der Waals surface area contributed by atoms with Gasteiger partial charge in [-0.2, -0.15) is 0 Å². The van der Waals surface area contributed by atoms with Crippen LogP contribution in [0.4, 0.5) is 4.79 Å². The highest BCUT2D eigenvalue weighted by Gasteiger charge is 2.23. The van der Waals surface area contributed by atoms with E-state index in [2.05, 4.69) is 5.32 Å². The van der Waals surface area contributed by atoms with E-state index in [0.717, 1.165) is 6.42 Å². The number of aliphatic carboxylic acids is 1. The van der Waals surface area contributed by atoms with Gasteiger partial charge in [-0.25, -0.2) is 9.59 Å². The second-order valence-electron chi connectivity index (χ2n) is 4.76. The van der Waals surface area contributed by atoms with E-state index in [4.69, 9.17) is 9.84 Å². The molecule has 0 saturated carbocycles. The molecule has 2 N–H and O–H groups in total. The number of nitrogens with one attached hydrogen (secondary N) is 1. The van der Waals surface area contributed by atoms with Gasteiger partial charge in [-0.05, 0) is 18.3 Å². The fourth-order valence-electron chi connectivity index (χ4n) is 1.20. The molecular weight excluding hydrogens is 222 g/mol. The van der Waals surface area contributed by atoms with Crippen LogP contribution in [0, 0.1) is 11.8 Å². The predicted octanol–water partition coefficient (Wildman–Crippen LogP) is 2.26. The van der Waals surface area contributed by atoms with E-state index >= 15 is 0 Å². The second-order valence-corrected chi connectivity index (χ2v) is 4.76. The molecule has 0 heterocycles. The molecule has 0 aromatic rings. The molecule has 0 aromatic carbocycles. The van der Waals surface area contributed by atoms with E-state index in [-0.39, 0.29) is 5.92 Å². The number of carbonyl (C=O) groups is 2. The number of hydrogen-bond acceptors (Lipinski definition) is 3. The Kier molecular flexibility index (Phi) is 7.34. The topological polar surface area (TPSA) is 75.6 Å². The van der Waals surface area contributed by atoms with E-state index in [9.17, 15) is 9.59 Å². The summed E-state index contributed by atoms with van der Waals surface area (Å²) < 4.78 is 4.87. The number of carbonyl (C=O) groups excluding carboxylic acids is 1. The van der Waals surface area contributed by atoms with Crippen LogP contribution < -0.4 is 5.32 Å². The molecule has 100 valence electrons. The molecule has 0 saturated heterocycles. The van der Waals surface area contributed by atoms with Crippen molar-refractivity contribution in [1.29, 1.82) is 0 Å². The summed E-state index contributed by atoms with van der Waals surface area (Å²) in [6, 6.07) is 0. The van der Waals surface area contributed by atoms with Crippen LogP contribution in [0.2, 0.25) is 0 Å². The summed E-state index contributed by atoms with van der Waals surface area (Å²) in [6.45, 7) is 8.30. The van der Waals surface area contributed by atoms with Crippen molar-refractivity contribution in [3.8, 4) is 0 Å². The highest BCUT2D eigenvalue weighted by Crippen LogP contribution is 2.09. The number of hydrogen-bond donors (Lipinski definition) is 2. The molecule has 0 aliphatic carbocycles. The van der Waals surface area contributed by atoms with Crippen LogP contribution in [-0.4, -0.2) is 29.8 Å². The van der Waals surface area contributed by atoms with Crippen molar-refractivity contribution in [3.05, 3.63) is 0 Å². The van der Waals surface area contributed by atoms with Gasteiger partial charge >= 0.3 is 12.1 Å². The van der Waals surface area contributed by atoms with Gasteiger partial charge < -0.3 is 15.2 Å². The number of carboxylic acids is 1. The molecule has 5 nitrogen and oxygen atoms in total. The number of rotatable bonds is 7. The van der Waals surface area contributed by atoms with E-state index in [1.807, 2.05) is 27.7 Å². The zero-order valence-electron chi connectivity index (χ0n) is 11.0. The maximum atomic E-state index is 11.4. The fourth-order valence-corrected chi connectivity index (χ4v) is 1.20. The Bertz CT molecular complexity index is 253. The lowest BCUT2D eigenvalue weighted by molar-refractivity contribution is -0.147. The molecule has 5 heteroatoms. The van der Waals surface area contributed by atoms with E-state index < -0.39 is 18.2 Å². The summed E-state index contributed by atoms with van der Waals surface area (Å²) in [5, 5.41) is 11.5. The molecule has 0 unspecified atom stereocenters. The first-order chi connectivity index (χ1) is 7.86. The van der Waals surface area contributed by atoms with Crippen LogP contribution in [-0.2, 0) is 9.53 Å². The average molecular weight is 245 g/mol. The molecular formula is C12H23NO4. The van der Waals surface area contributed by atoms with Gasteiger partial charge in [-0.15, -0.1) is 0 Å². The van der Waals surface area contributed by atoms with Crippen molar-refractivity contribution in [2.24, 2.45) is 11.8 Å². The van der Waals surface area contributed by atoms with Gasteiger partial charge in [0.25, 0.3) is 0 Å². The minimum atomic E-state index is -1.10. The number of amides is 1. The van der Waals surface area contributed by atoms with Crippen LogP contribution in [0.15, 0.2) is 0 Å². The van der Waals surface area contributed by atoms with Crippen LogP contribution in [0.5, 0.6) is 0 Å². The molecule has 0 fully saturated rings. The highest BCUT2D eigenvalue weighted by molar-refractivity contribution is 5.77. The molecule has 17 heavy (non-hydrogen) atoms. The van der Waals surface area contributed by atoms with Gasteiger partial charge in [0.2, 0.25) is 6.10 Å². The average Bonchev–Trinajstić information content (AvgIpc) is 2.24. The van der Waals surface area contributed by atoms with E-state index in [1.54, 1.807) is 0 Å². The van der Waals surface area contributed by atoms with Crippen molar-refractivity contribution in [1.82, 2.24) is 5.32 Å². The van der Waals surface area contributed by atoms with Gasteiger partial charge in [-0.3, -0.25) is 0 Å².